The molecular formula is C13H12N6O. The van der Waals surface area contributed by atoms with E-state index >= 15 is 0 Å². The number of nitrogens with zero attached hydrogens (tertiary/aromatic N) is 4. The van der Waals surface area contributed by atoms with Gasteiger partial charge in [0, 0.05) is 24.9 Å². The second-order valence-electron chi connectivity index (χ2n) is 4.97. The van der Waals surface area contributed by atoms with E-state index in [1.165, 1.54) is 0 Å². The number of H-pyrrole nitrogens is 1. The van der Waals surface area contributed by atoms with Crippen molar-refractivity contribution >= 4 is 22.8 Å². The monoisotopic (exact) mass is 268 g/mol. The highest BCUT2D eigenvalue weighted by Gasteiger charge is 2.28. The van der Waals surface area contributed by atoms with Crippen molar-refractivity contribution in [3.63, 3.8) is 0 Å². The molecule has 0 bridgehead atoms. The van der Waals surface area contributed by atoms with E-state index in [2.05, 4.69) is 25.8 Å². The zero-order valence-corrected chi connectivity index (χ0v) is 10.8. The Labute approximate surface area is 114 Å². The maximum Gasteiger partial charge on any atom is 0.226 e. The molecule has 0 spiro atoms. The fraction of sp³-hybridized carbons (Fsp3) is 0.231. The van der Waals surface area contributed by atoms with Crippen LogP contribution >= 0.6 is 0 Å². The summed E-state index contributed by atoms with van der Waals surface area (Å²) >= 11 is 0. The summed E-state index contributed by atoms with van der Waals surface area (Å²) in [5, 5.41) is 17.7. The second kappa shape index (κ2) is 3.89. The zero-order chi connectivity index (χ0) is 13.7. The van der Waals surface area contributed by atoms with Gasteiger partial charge in [0.25, 0.3) is 0 Å². The lowest BCUT2D eigenvalue weighted by molar-refractivity contribution is -0.116. The number of hydrogen-bond donors (Lipinski definition) is 2. The number of amides is 1. The lowest BCUT2D eigenvalue weighted by atomic mass is 9.87. The number of anilines is 1. The van der Waals surface area contributed by atoms with Crippen molar-refractivity contribution in [1.29, 1.82) is 0 Å². The molecule has 0 radical (unpaired) electrons. The lowest BCUT2D eigenvalue weighted by Gasteiger charge is -2.22. The molecule has 7 nitrogen and oxygen atoms in total. The molecular weight excluding hydrogens is 256 g/mol. The number of rotatable bonds is 1. The van der Waals surface area contributed by atoms with Crippen molar-refractivity contribution in [1.82, 2.24) is 25.2 Å². The van der Waals surface area contributed by atoms with Crippen LogP contribution in [-0.2, 0) is 11.8 Å². The van der Waals surface area contributed by atoms with Crippen LogP contribution in [0.2, 0.25) is 0 Å². The van der Waals surface area contributed by atoms with Crippen molar-refractivity contribution in [3.8, 4) is 0 Å². The molecule has 100 valence electrons. The molecule has 1 aromatic carbocycles. The Kier molecular flexibility index (Phi) is 2.17. The Morgan fingerprint density at radius 2 is 2.30 bits per heavy atom. The van der Waals surface area contributed by atoms with Gasteiger partial charge in [-0.2, -0.15) is 5.10 Å². The van der Waals surface area contributed by atoms with Crippen molar-refractivity contribution in [2.45, 2.75) is 12.3 Å². The zero-order valence-electron chi connectivity index (χ0n) is 10.8. The molecule has 1 aliphatic rings. The number of nitrogens with one attached hydrogen (secondary N) is 2. The molecule has 1 aliphatic heterocycles. The lowest BCUT2D eigenvalue weighted by Crippen LogP contribution is -2.22. The fourth-order valence-electron chi connectivity index (χ4n) is 2.72. The molecule has 0 saturated carbocycles. The third-order valence-electron chi connectivity index (χ3n) is 3.74. The van der Waals surface area contributed by atoms with E-state index < -0.39 is 0 Å². The largest absolute Gasteiger partial charge is 0.311 e. The van der Waals surface area contributed by atoms with Gasteiger partial charge < -0.3 is 5.32 Å². The molecule has 3 heterocycles. The van der Waals surface area contributed by atoms with Crippen LogP contribution in [0.15, 0.2) is 24.4 Å². The van der Waals surface area contributed by atoms with Gasteiger partial charge in [0.15, 0.2) is 0 Å². The maximum absolute atomic E-state index is 11.8. The van der Waals surface area contributed by atoms with Gasteiger partial charge in [0.2, 0.25) is 5.91 Å². The van der Waals surface area contributed by atoms with Crippen LogP contribution in [0.25, 0.3) is 11.0 Å². The number of aryl methyl sites for hydroxylation is 1. The van der Waals surface area contributed by atoms with Gasteiger partial charge in [-0.25, -0.2) is 4.68 Å². The normalized spacial score (nSPS) is 18.1. The van der Waals surface area contributed by atoms with Crippen LogP contribution in [0.4, 0.5) is 5.82 Å². The molecule has 7 heteroatoms. The predicted molar refractivity (Wildman–Crippen MR) is 72.2 cm³/mol. The Morgan fingerprint density at radius 1 is 1.40 bits per heavy atom. The van der Waals surface area contributed by atoms with Crippen LogP contribution in [0.3, 0.4) is 0 Å². The predicted octanol–water partition coefficient (Wildman–Crippen LogP) is 1.17. The van der Waals surface area contributed by atoms with E-state index in [9.17, 15) is 4.79 Å². The van der Waals surface area contributed by atoms with Crippen molar-refractivity contribution in [2.75, 3.05) is 5.32 Å². The van der Waals surface area contributed by atoms with Gasteiger partial charge in [0.1, 0.15) is 11.3 Å². The Balaban J connectivity index is 1.85. The van der Waals surface area contributed by atoms with Crippen LogP contribution < -0.4 is 5.32 Å². The van der Waals surface area contributed by atoms with E-state index in [1.54, 1.807) is 10.9 Å². The molecule has 2 aromatic heterocycles. The number of carbonyl (C=O) groups excluding carboxylic acids is 1. The summed E-state index contributed by atoms with van der Waals surface area (Å²) in [5.74, 6) is 0.681. The van der Waals surface area contributed by atoms with E-state index in [0.29, 0.717) is 12.2 Å². The number of benzene rings is 1. The van der Waals surface area contributed by atoms with Crippen molar-refractivity contribution in [3.05, 3.63) is 35.5 Å². The molecule has 20 heavy (non-hydrogen) atoms. The van der Waals surface area contributed by atoms with Crippen LogP contribution in [0.1, 0.15) is 23.5 Å². The first-order valence-corrected chi connectivity index (χ1v) is 6.35. The summed E-state index contributed by atoms with van der Waals surface area (Å²) in [5.41, 5.74) is 3.87. The van der Waals surface area contributed by atoms with Crippen LogP contribution in [-0.4, -0.2) is 31.1 Å². The van der Waals surface area contributed by atoms with E-state index in [4.69, 9.17) is 0 Å². The first-order valence-electron chi connectivity index (χ1n) is 6.35. The minimum atomic E-state index is -0.00834. The highest BCUT2D eigenvalue weighted by molar-refractivity contribution is 5.94. The average Bonchev–Trinajstić information content (AvgIpc) is 3.04. The number of fused-ring (bicyclic) bond motifs is 2. The Bertz CT molecular complexity index is 817. The quantitative estimate of drug-likeness (QED) is 0.693. The Morgan fingerprint density at radius 3 is 3.20 bits per heavy atom. The summed E-state index contributed by atoms with van der Waals surface area (Å²) in [4.78, 5) is 11.8. The standard InChI is InChI=1S/C13H12N6O/c1-19-11-3-2-7(4-10(11)16-18-19)8-5-12(20)15-13-9(8)6-14-17-13/h2-4,6,8H,5H2,1H3,(H2,14,15,17,20). The van der Waals surface area contributed by atoms with Gasteiger partial charge in [-0.1, -0.05) is 11.3 Å². The van der Waals surface area contributed by atoms with Crippen LogP contribution in [0, 0.1) is 0 Å². The van der Waals surface area contributed by atoms with Gasteiger partial charge in [-0.05, 0) is 17.7 Å². The maximum atomic E-state index is 11.8. The van der Waals surface area contributed by atoms with E-state index in [0.717, 1.165) is 22.2 Å². The van der Waals surface area contributed by atoms with Crippen LogP contribution in [0.5, 0.6) is 0 Å². The summed E-state index contributed by atoms with van der Waals surface area (Å²) < 4.78 is 1.73. The SMILES string of the molecule is Cn1nnc2cc(C3CC(=O)Nc4[nH]ncc43)ccc21. The molecule has 0 aliphatic carbocycles. The first-order chi connectivity index (χ1) is 9.72. The van der Waals surface area contributed by atoms with E-state index in [-0.39, 0.29) is 11.8 Å². The third kappa shape index (κ3) is 1.52. The highest BCUT2D eigenvalue weighted by Crippen LogP contribution is 2.36. The van der Waals surface area contributed by atoms with Crippen molar-refractivity contribution < 1.29 is 4.79 Å². The van der Waals surface area contributed by atoms with Crippen molar-refractivity contribution in [2.24, 2.45) is 7.05 Å². The average molecular weight is 268 g/mol. The van der Waals surface area contributed by atoms with Gasteiger partial charge in [-0.15, -0.1) is 5.10 Å². The molecule has 0 saturated heterocycles. The van der Waals surface area contributed by atoms with Gasteiger partial charge in [-0.3, -0.25) is 9.89 Å². The molecule has 1 unspecified atom stereocenters. The number of carbonyl (C=O) groups is 1. The molecule has 1 amide bonds. The first kappa shape index (κ1) is 11.2. The summed E-state index contributed by atoms with van der Waals surface area (Å²) in [7, 11) is 1.86. The smallest absolute Gasteiger partial charge is 0.226 e. The number of hydrogen-bond acceptors (Lipinski definition) is 4. The Hall–Kier alpha value is -2.70. The molecule has 4 rings (SSSR count). The number of aromatic amines is 1. The third-order valence-corrected chi connectivity index (χ3v) is 3.74. The number of aromatic nitrogens is 5. The topological polar surface area (TPSA) is 88.5 Å². The molecule has 0 fully saturated rings. The minimum Gasteiger partial charge on any atom is -0.311 e. The summed E-state index contributed by atoms with van der Waals surface area (Å²) in [6.07, 6.45) is 2.18. The minimum absolute atomic E-state index is 0.00362. The molecule has 1 atom stereocenters. The summed E-state index contributed by atoms with van der Waals surface area (Å²) in [6, 6.07) is 5.99. The second-order valence-corrected chi connectivity index (χ2v) is 4.97. The fourth-order valence-corrected chi connectivity index (χ4v) is 2.72. The van der Waals surface area contributed by atoms with Gasteiger partial charge in [0.05, 0.1) is 11.7 Å². The molecule has 2 N–H and O–H groups in total. The van der Waals surface area contributed by atoms with E-state index in [1.807, 2.05) is 25.2 Å². The highest BCUT2D eigenvalue weighted by atomic mass is 16.1. The van der Waals surface area contributed by atoms with Gasteiger partial charge >= 0.3 is 0 Å². The summed E-state index contributed by atoms with van der Waals surface area (Å²) in [6.45, 7) is 0. The molecule has 3 aromatic rings.